The van der Waals surface area contributed by atoms with Crippen molar-refractivity contribution in [3.63, 3.8) is 0 Å². The summed E-state index contributed by atoms with van der Waals surface area (Å²) >= 11 is 0. The zero-order chi connectivity index (χ0) is 13.0. The second-order valence-corrected chi connectivity index (χ2v) is 4.42. The number of hydrogen-bond acceptors (Lipinski definition) is 3. The molecule has 0 aliphatic rings. The Hall–Kier alpha value is -1.86. The first-order valence-corrected chi connectivity index (χ1v) is 6.30. The molecule has 1 unspecified atom stereocenters. The van der Waals surface area contributed by atoms with E-state index in [2.05, 4.69) is 33.9 Å². The SMILES string of the molecule is CCn1c(CNCC(C)C#N)nc2ccccc21. The highest BCUT2D eigenvalue weighted by Crippen LogP contribution is 2.15. The van der Waals surface area contributed by atoms with Crippen LogP contribution in [0.4, 0.5) is 0 Å². The highest BCUT2D eigenvalue weighted by Gasteiger charge is 2.08. The zero-order valence-electron chi connectivity index (χ0n) is 10.8. The van der Waals surface area contributed by atoms with Crippen LogP contribution in [-0.4, -0.2) is 16.1 Å². The fourth-order valence-electron chi connectivity index (χ4n) is 2.06. The van der Waals surface area contributed by atoms with Crippen LogP contribution in [0.25, 0.3) is 11.0 Å². The summed E-state index contributed by atoms with van der Waals surface area (Å²) in [6.45, 7) is 6.34. The second kappa shape index (κ2) is 5.65. The summed E-state index contributed by atoms with van der Waals surface area (Å²) in [6, 6.07) is 10.4. The Labute approximate surface area is 107 Å². The molecule has 1 aromatic heterocycles. The predicted octanol–water partition coefficient (Wildman–Crippen LogP) is 2.31. The third-order valence-corrected chi connectivity index (χ3v) is 3.00. The minimum Gasteiger partial charge on any atom is -0.327 e. The van der Waals surface area contributed by atoms with E-state index in [0.717, 1.165) is 17.9 Å². The molecule has 4 nitrogen and oxygen atoms in total. The minimum atomic E-state index is 0.0319. The summed E-state index contributed by atoms with van der Waals surface area (Å²) in [5.41, 5.74) is 2.20. The Morgan fingerprint density at radius 1 is 1.44 bits per heavy atom. The first kappa shape index (κ1) is 12.6. The number of hydrogen-bond donors (Lipinski definition) is 1. The van der Waals surface area contributed by atoms with Crippen LogP contribution in [0, 0.1) is 17.2 Å². The van der Waals surface area contributed by atoms with Crippen LogP contribution < -0.4 is 5.32 Å². The summed E-state index contributed by atoms with van der Waals surface area (Å²) in [5.74, 6) is 1.06. The highest BCUT2D eigenvalue weighted by atomic mass is 15.1. The lowest BCUT2D eigenvalue weighted by molar-refractivity contribution is 0.570. The van der Waals surface area contributed by atoms with Crippen molar-refractivity contribution in [2.75, 3.05) is 6.54 Å². The third-order valence-electron chi connectivity index (χ3n) is 3.00. The first-order valence-electron chi connectivity index (χ1n) is 6.30. The van der Waals surface area contributed by atoms with Gasteiger partial charge < -0.3 is 9.88 Å². The number of fused-ring (bicyclic) bond motifs is 1. The van der Waals surface area contributed by atoms with Crippen molar-refractivity contribution in [3.8, 4) is 6.07 Å². The zero-order valence-corrected chi connectivity index (χ0v) is 10.8. The van der Waals surface area contributed by atoms with Crippen LogP contribution in [0.15, 0.2) is 24.3 Å². The van der Waals surface area contributed by atoms with Crippen molar-refractivity contribution in [2.45, 2.75) is 26.9 Å². The molecule has 2 rings (SSSR count). The number of para-hydroxylation sites is 2. The van der Waals surface area contributed by atoms with Crippen molar-refractivity contribution in [1.29, 1.82) is 5.26 Å². The molecule has 94 valence electrons. The fourth-order valence-corrected chi connectivity index (χ4v) is 2.06. The monoisotopic (exact) mass is 242 g/mol. The summed E-state index contributed by atoms with van der Waals surface area (Å²) in [5, 5.41) is 12.0. The van der Waals surface area contributed by atoms with Crippen LogP contribution in [-0.2, 0) is 13.1 Å². The number of benzene rings is 1. The Bertz CT molecular complexity index is 565. The largest absolute Gasteiger partial charge is 0.327 e. The molecule has 1 N–H and O–H groups in total. The number of aromatic nitrogens is 2. The van der Waals surface area contributed by atoms with Crippen LogP contribution in [0.1, 0.15) is 19.7 Å². The normalized spacial score (nSPS) is 12.5. The van der Waals surface area contributed by atoms with E-state index in [9.17, 15) is 0 Å². The number of aryl methyl sites for hydroxylation is 1. The average Bonchev–Trinajstić information content (AvgIpc) is 2.75. The molecule has 1 atom stereocenters. The van der Waals surface area contributed by atoms with E-state index in [1.807, 2.05) is 25.1 Å². The molecule has 18 heavy (non-hydrogen) atoms. The maximum atomic E-state index is 8.74. The number of nitrogens with zero attached hydrogens (tertiary/aromatic N) is 3. The lowest BCUT2D eigenvalue weighted by Gasteiger charge is -2.08. The molecule has 0 aliphatic heterocycles. The molecule has 0 bridgehead atoms. The van der Waals surface area contributed by atoms with Crippen molar-refractivity contribution in [2.24, 2.45) is 5.92 Å². The maximum absolute atomic E-state index is 8.74. The predicted molar refractivity (Wildman–Crippen MR) is 71.9 cm³/mol. The van der Waals surface area contributed by atoms with E-state index in [0.29, 0.717) is 13.1 Å². The van der Waals surface area contributed by atoms with E-state index in [4.69, 9.17) is 5.26 Å². The van der Waals surface area contributed by atoms with Gasteiger partial charge in [0.15, 0.2) is 0 Å². The Kier molecular flexibility index (Phi) is 3.96. The average molecular weight is 242 g/mol. The summed E-state index contributed by atoms with van der Waals surface area (Å²) in [7, 11) is 0. The van der Waals surface area contributed by atoms with Crippen LogP contribution >= 0.6 is 0 Å². The van der Waals surface area contributed by atoms with E-state index < -0.39 is 0 Å². The van der Waals surface area contributed by atoms with E-state index >= 15 is 0 Å². The molecular weight excluding hydrogens is 224 g/mol. The third kappa shape index (κ3) is 2.52. The molecule has 0 amide bonds. The van der Waals surface area contributed by atoms with E-state index in [-0.39, 0.29) is 5.92 Å². The van der Waals surface area contributed by atoms with Gasteiger partial charge in [0.1, 0.15) is 5.82 Å². The van der Waals surface area contributed by atoms with Crippen molar-refractivity contribution in [3.05, 3.63) is 30.1 Å². The Balaban J connectivity index is 2.15. The molecule has 0 saturated carbocycles. The van der Waals surface area contributed by atoms with Gasteiger partial charge >= 0.3 is 0 Å². The van der Waals surface area contributed by atoms with E-state index in [1.54, 1.807) is 0 Å². The lowest BCUT2D eigenvalue weighted by atomic mass is 10.2. The van der Waals surface area contributed by atoms with Gasteiger partial charge in [-0.25, -0.2) is 4.98 Å². The smallest absolute Gasteiger partial charge is 0.123 e. The van der Waals surface area contributed by atoms with Gasteiger partial charge in [0.05, 0.1) is 29.6 Å². The number of rotatable bonds is 5. The molecule has 1 aromatic carbocycles. The van der Waals surface area contributed by atoms with Gasteiger partial charge in [-0.2, -0.15) is 5.26 Å². The molecule has 0 radical (unpaired) electrons. The van der Waals surface area contributed by atoms with Crippen molar-refractivity contribution < 1.29 is 0 Å². The first-order chi connectivity index (χ1) is 8.76. The van der Waals surface area contributed by atoms with Gasteiger partial charge in [0, 0.05) is 13.1 Å². The molecule has 2 aromatic rings. The summed E-state index contributed by atoms with van der Waals surface area (Å²) < 4.78 is 2.21. The van der Waals surface area contributed by atoms with Gasteiger partial charge in [-0.1, -0.05) is 12.1 Å². The van der Waals surface area contributed by atoms with Crippen molar-refractivity contribution >= 4 is 11.0 Å². The lowest BCUT2D eigenvalue weighted by Crippen LogP contribution is -2.22. The van der Waals surface area contributed by atoms with Gasteiger partial charge in [-0.3, -0.25) is 0 Å². The van der Waals surface area contributed by atoms with Crippen LogP contribution in [0.5, 0.6) is 0 Å². The maximum Gasteiger partial charge on any atom is 0.123 e. The molecule has 0 spiro atoms. The van der Waals surface area contributed by atoms with Gasteiger partial charge in [0.2, 0.25) is 0 Å². The summed E-state index contributed by atoms with van der Waals surface area (Å²) in [6.07, 6.45) is 0. The van der Waals surface area contributed by atoms with Crippen LogP contribution in [0.3, 0.4) is 0 Å². The Morgan fingerprint density at radius 2 is 2.22 bits per heavy atom. The van der Waals surface area contributed by atoms with Crippen LogP contribution in [0.2, 0.25) is 0 Å². The fraction of sp³-hybridized carbons (Fsp3) is 0.429. The molecule has 1 heterocycles. The molecule has 0 saturated heterocycles. The van der Waals surface area contributed by atoms with Crippen molar-refractivity contribution in [1.82, 2.24) is 14.9 Å². The number of nitrogens with one attached hydrogen (secondary N) is 1. The highest BCUT2D eigenvalue weighted by molar-refractivity contribution is 5.75. The molecule has 0 aliphatic carbocycles. The van der Waals surface area contributed by atoms with E-state index in [1.165, 1.54) is 5.52 Å². The number of imidazole rings is 1. The van der Waals surface area contributed by atoms with Gasteiger partial charge in [-0.05, 0) is 26.0 Å². The quantitative estimate of drug-likeness (QED) is 0.875. The second-order valence-electron chi connectivity index (χ2n) is 4.42. The van der Waals surface area contributed by atoms with Gasteiger partial charge in [-0.15, -0.1) is 0 Å². The minimum absolute atomic E-state index is 0.0319. The number of nitriles is 1. The summed E-state index contributed by atoms with van der Waals surface area (Å²) in [4.78, 5) is 4.62. The van der Waals surface area contributed by atoms with Gasteiger partial charge in [0.25, 0.3) is 0 Å². The standard InChI is InChI=1S/C14H18N4/c1-3-18-13-7-5-4-6-12(13)17-14(18)10-16-9-11(2)8-15/h4-7,11,16H,3,9-10H2,1-2H3. The molecule has 4 heteroatoms. The molecule has 0 fully saturated rings. The molecular formula is C14H18N4. The topological polar surface area (TPSA) is 53.6 Å². The Morgan fingerprint density at radius 3 is 2.94 bits per heavy atom.